The van der Waals surface area contributed by atoms with Gasteiger partial charge in [0.25, 0.3) is 5.91 Å². The second kappa shape index (κ2) is 8.51. The summed E-state index contributed by atoms with van der Waals surface area (Å²) in [5, 5.41) is 25.1. The summed E-state index contributed by atoms with van der Waals surface area (Å²) in [4.78, 5) is 23.7. The van der Waals surface area contributed by atoms with E-state index in [0.717, 1.165) is 10.4 Å². The van der Waals surface area contributed by atoms with Crippen LogP contribution in [0.3, 0.4) is 0 Å². The topological polar surface area (TPSA) is 99.0 Å². The van der Waals surface area contributed by atoms with Gasteiger partial charge < -0.3 is 10.2 Å². The molecule has 6 nitrogen and oxygen atoms in total. The lowest BCUT2D eigenvalue weighted by Crippen LogP contribution is -2.17. The molecule has 1 heterocycles. The zero-order chi connectivity index (χ0) is 21.9. The Kier molecular flexibility index (Phi) is 6.03. The van der Waals surface area contributed by atoms with Gasteiger partial charge in [0.05, 0.1) is 16.7 Å². The first-order chi connectivity index (χ1) is 14.2. The van der Waals surface area contributed by atoms with Gasteiger partial charge in [-0.05, 0) is 40.8 Å². The summed E-state index contributed by atoms with van der Waals surface area (Å²) in [5.41, 5.74) is 5.43. The van der Waals surface area contributed by atoms with Crippen molar-refractivity contribution in [3.63, 3.8) is 0 Å². The van der Waals surface area contributed by atoms with E-state index >= 15 is 0 Å². The molecular formula is C23H22N2O4S. The lowest BCUT2D eigenvalue weighted by molar-refractivity contribution is 0.0696. The number of rotatable bonds is 5. The number of carbonyl (C=O) groups excluding carboxylic acids is 1. The molecule has 3 rings (SSSR count). The quantitative estimate of drug-likeness (QED) is 0.403. The number of carboxylic acid groups (broad SMARTS) is 1. The van der Waals surface area contributed by atoms with Gasteiger partial charge in [-0.1, -0.05) is 45.0 Å². The van der Waals surface area contributed by atoms with E-state index < -0.39 is 11.9 Å². The third kappa shape index (κ3) is 4.75. The molecule has 0 aliphatic carbocycles. The maximum absolute atomic E-state index is 12.1. The first-order valence-electron chi connectivity index (χ1n) is 9.25. The summed E-state index contributed by atoms with van der Waals surface area (Å²) in [5.74, 6) is -1.43. The predicted octanol–water partition coefficient (Wildman–Crippen LogP) is 4.88. The number of aromatic carboxylic acids is 1. The van der Waals surface area contributed by atoms with E-state index in [1.807, 2.05) is 12.1 Å². The number of carbonyl (C=O) groups is 2. The minimum atomic E-state index is -1.06. The van der Waals surface area contributed by atoms with Crippen LogP contribution in [0.2, 0.25) is 0 Å². The minimum absolute atomic E-state index is 0.0556. The van der Waals surface area contributed by atoms with Crippen molar-refractivity contribution in [3.8, 4) is 16.2 Å². The fraction of sp³-hybridized carbons (Fsp3) is 0.174. The second-order valence-corrected chi connectivity index (χ2v) is 8.66. The number of hydrazone groups is 1. The molecule has 0 saturated carbocycles. The van der Waals surface area contributed by atoms with E-state index in [-0.39, 0.29) is 22.3 Å². The lowest BCUT2D eigenvalue weighted by Gasteiger charge is -2.19. The van der Waals surface area contributed by atoms with Crippen LogP contribution in [0.15, 0.2) is 59.0 Å². The number of thiophene rings is 1. The summed E-state index contributed by atoms with van der Waals surface area (Å²) < 4.78 is 0. The smallest absolute Gasteiger partial charge is 0.335 e. The van der Waals surface area contributed by atoms with Crippen LogP contribution in [0.5, 0.6) is 5.75 Å². The number of nitrogens with zero attached hydrogens (tertiary/aromatic N) is 1. The van der Waals surface area contributed by atoms with Crippen LogP contribution in [0.25, 0.3) is 10.4 Å². The van der Waals surface area contributed by atoms with E-state index in [2.05, 4.69) is 43.4 Å². The van der Waals surface area contributed by atoms with Crippen molar-refractivity contribution < 1.29 is 19.8 Å². The molecule has 0 fully saturated rings. The van der Waals surface area contributed by atoms with Gasteiger partial charge in [-0.25, -0.2) is 10.2 Å². The molecule has 0 radical (unpaired) electrons. The molecular weight excluding hydrogens is 400 g/mol. The molecule has 1 aromatic heterocycles. The van der Waals surface area contributed by atoms with Gasteiger partial charge in [0.2, 0.25) is 0 Å². The Labute approximate surface area is 178 Å². The van der Waals surface area contributed by atoms with Crippen molar-refractivity contribution in [1.82, 2.24) is 5.43 Å². The van der Waals surface area contributed by atoms with Crippen molar-refractivity contribution in [1.29, 1.82) is 0 Å². The maximum Gasteiger partial charge on any atom is 0.335 e. The number of amides is 1. The van der Waals surface area contributed by atoms with E-state index in [4.69, 9.17) is 5.11 Å². The minimum Gasteiger partial charge on any atom is -0.506 e. The van der Waals surface area contributed by atoms with E-state index in [0.29, 0.717) is 5.56 Å². The fourth-order valence-corrected chi connectivity index (χ4v) is 3.69. The third-order valence-electron chi connectivity index (χ3n) is 4.57. The molecule has 7 heteroatoms. The van der Waals surface area contributed by atoms with Crippen LogP contribution in [0, 0.1) is 0 Å². The Morgan fingerprint density at radius 2 is 1.60 bits per heavy atom. The van der Waals surface area contributed by atoms with Gasteiger partial charge in [-0.3, -0.25) is 4.79 Å². The highest BCUT2D eigenvalue weighted by atomic mass is 32.1. The van der Waals surface area contributed by atoms with E-state index in [1.54, 1.807) is 5.38 Å². The van der Waals surface area contributed by atoms with Gasteiger partial charge >= 0.3 is 5.97 Å². The number of carboxylic acids is 1. The fourth-order valence-electron chi connectivity index (χ4n) is 2.77. The van der Waals surface area contributed by atoms with Gasteiger partial charge in [0.15, 0.2) is 0 Å². The number of hydrogen-bond acceptors (Lipinski definition) is 5. The molecule has 30 heavy (non-hydrogen) atoms. The highest BCUT2D eigenvalue weighted by molar-refractivity contribution is 7.14. The van der Waals surface area contributed by atoms with Gasteiger partial charge in [0, 0.05) is 16.5 Å². The van der Waals surface area contributed by atoms with Crippen molar-refractivity contribution >= 4 is 29.4 Å². The number of nitrogens with one attached hydrogen (secondary N) is 1. The average molecular weight is 423 g/mol. The summed E-state index contributed by atoms with van der Waals surface area (Å²) in [6, 6.07) is 13.6. The molecule has 1 amide bonds. The standard InChI is InChI=1S/C23H22N2O4S/c1-23(2,3)18-10-8-14(9-11-18)20-19(26)17(13-30-20)12-24-25-21(27)15-4-6-16(7-5-15)22(28)29/h4-13,26H,1-3H3,(H,25,27)(H,28,29). The highest BCUT2D eigenvalue weighted by Gasteiger charge is 2.15. The molecule has 3 aromatic rings. The van der Waals surface area contributed by atoms with Crippen LogP contribution in [0.1, 0.15) is 52.6 Å². The third-order valence-corrected chi connectivity index (χ3v) is 5.61. The maximum atomic E-state index is 12.1. The van der Waals surface area contributed by atoms with Crippen molar-refractivity contribution in [3.05, 3.63) is 76.2 Å². The van der Waals surface area contributed by atoms with Gasteiger partial charge in [0.1, 0.15) is 5.75 Å². The number of aromatic hydroxyl groups is 1. The molecule has 0 bridgehead atoms. The predicted molar refractivity (Wildman–Crippen MR) is 119 cm³/mol. The Morgan fingerprint density at radius 3 is 2.17 bits per heavy atom. The first-order valence-corrected chi connectivity index (χ1v) is 10.1. The van der Waals surface area contributed by atoms with Crippen LogP contribution in [0.4, 0.5) is 0 Å². The Bertz CT molecular complexity index is 1090. The lowest BCUT2D eigenvalue weighted by atomic mass is 9.86. The Hall–Kier alpha value is -3.45. The largest absolute Gasteiger partial charge is 0.506 e. The summed E-state index contributed by atoms with van der Waals surface area (Å²) in [6.07, 6.45) is 1.38. The van der Waals surface area contributed by atoms with Gasteiger partial charge in [-0.2, -0.15) is 5.10 Å². The molecule has 2 aromatic carbocycles. The summed E-state index contributed by atoms with van der Waals surface area (Å²) in [6.45, 7) is 6.44. The van der Waals surface area contributed by atoms with Crippen molar-refractivity contribution in [2.45, 2.75) is 26.2 Å². The first kappa shape index (κ1) is 21.3. The molecule has 0 atom stereocenters. The molecule has 3 N–H and O–H groups in total. The average Bonchev–Trinajstić information content (AvgIpc) is 3.08. The molecule has 0 aliphatic heterocycles. The Morgan fingerprint density at radius 1 is 1.00 bits per heavy atom. The van der Waals surface area contributed by atoms with Crippen molar-refractivity contribution in [2.75, 3.05) is 0 Å². The zero-order valence-corrected chi connectivity index (χ0v) is 17.7. The van der Waals surface area contributed by atoms with Crippen LogP contribution in [-0.4, -0.2) is 28.3 Å². The number of hydrogen-bond donors (Lipinski definition) is 3. The summed E-state index contributed by atoms with van der Waals surface area (Å²) in [7, 11) is 0. The van der Waals surface area contributed by atoms with Crippen LogP contribution >= 0.6 is 11.3 Å². The van der Waals surface area contributed by atoms with Gasteiger partial charge in [-0.15, -0.1) is 11.3 Å². The zero-order valence-electron chi connectivity index (χ0n) is 16.8. The highest BCUT2D eigenvalue weighted by Crippen LogP contribution is 2.38. The summed E-state index contributed by atoms with van der Waals surface area (Å²) >= 11 is 1.39. The van der Waals surface area contributed by atoms with Crippen molar-refractivity contribution in [2.24, 2.45) is 5.10 Å². The second-order valence-electron chi connectivity index (χ2n) is 7.78. The molecule has 154 valence electrons. The van der Waals surface area contributed by atoms with Crippen LogP contribution < -0.4 is 5.43 Å². The normalized spacial score (nSPS) is 11.6. The number of benzene rings is 2. The monoisotopic (exact) mass is 422 g/mol. The van der Waals surface area contributed by atoms with Crippen LogP contribution in [-0.2, 0) is 5.41 Å². The van der Waals surface area contributed by atoms with E-state index in [9.17, 15) is 14.7 Å². The SMILES string of the molecule is CC(C)(C)c1ccc(-c2scc(C=NNC(=O)c3ccc(C(=O)O)cc3)c2O)cc1. The Balaban J connectivity index is 1.69. The van der Waals surface area contributed by atoms with E-state index in [1.165, 1.54) is 47.4 Å². The molecule has 0 aliphatic rings. The molecule has 0 spiro atoms. The molecule has 0 unspecified atom stereocenters. The molecule has 0 saturated heterocycles.